The molecule has 6 heteroatoms. The molecule has 0 fully saturated rings. The van der Waals surface area contributed by atoms with Gasteiger partial charge in [-0.2, -0.15) is 0 Å². The van der Waals surface area contributed by atoms with E-state index in [-0.39, 0.29) is 12.4 Å². The van der Waals surface area contributed by atoms with E-state index in [1.165, 1.54) is 24.3 Å². The molecule has 0 saturated heterocycles. The Balaban J connectivity index is 2.13. The summed E-state index contributed by atoms with van der Waals surface area (Å²) >= 11 is 0. The summed E-state index contributed by atoms with van der Waals surface area (Å²) in [6, 6.07) is 5.39. The lowest BCUT2D eigenvalue weighted by molar-refractivity contribution is -0.274. The Hall–Kier alpha value is -1.43. The average Bonchev–Trinajstić information content (AvgIpc) is 2.42. The first-order valence-corrected chi connectivity index (χ1v) is 7.11. The first kappa shape index (κ1) is 17.6. The normalized spacial score (nSPS) is 11.4. The summed E-state index contributed by atoms with van der Waals surface area (Å²) in [5.74, 6) is 0.281. The molecule has 0 bridgehead atoms. The molecule has 120 valence electrons. The molecule has 0 spiro atoms. The molecule has 0 unspecified atom stereocenters. The third kappa shape index (κ3) is 9.18. The molecule has 0 amide bonds. The van der Waals surface area contributed by atoms with E-state index in [2.05, 4.69) is 4.74 Å². The van der Waals surface area contributed by atoms with Crippen LogP contribution in [0.4, 0.5) is 13.2 Å². The summed E-state index contributed by atoms with van der Waals surface area (Å²) in [7, 11) is 0. The number of aliphatic hydroxyl groups is 1. The zero-order valence-corrected chi connectivity index (χ0v) is 11.9. The maximum Gasteiger partial charge on any atom is 0.573 e. The fraction of sp³-hybridized carbons (Fsp3) is 0.600. The third-order valence-corrected chi connectivity index (χ3v) is 2.88. The molecular weight excluding hydrogens is 285 g/mol. The summed E-state index contributed by atoms with van der Waals surface area (Å²) in [5.41, 5.74) is 0. The van der Waals surface area contributed by atoms with Crippen LogP contribution in [0.5, 0.6) is 11.5 Å². The number of hydrogen-bond acceptors (Lipinski definition) is 3. The predicted octanol–water partition coefficient (Wildman–Crippen LogP) is 4.30. The van der Waals surface area contributed by atoms with E-state index < -0.39 is 6.36 Å². The number of alkyl halides is 3. The Kier molecular flexibility index (Phi) is 7.97. The quantitative estimate of drug-likeness (QED) is 0.655. The number of unbranched alkanes of at least 4 members (excludes halogenated alkanes) is 5. The van der Waals surface area contributed by atoms with Gasteiger partial charge in [0.15, 0.2) is 0 Å². The monoisotopic (exact) mass is 306 g/mol. The number of halogens is 3. The lowest BCUT2D eigenvalue weighted by Gasteiger charge is -2.10. The summed E-state index contributed by atoms with van der Waals surface area (Å²) < 4.78 is 45.1. The Morgan fingerprint density at radius 1 is 0.810 bits per heavy atom. The molecule has 0 radical (unpaired) electrons. The molecule has 1 rings (SSSR count). The van der Waals surface area contributed by atoms with Crippen molar-refractivity contribution in [3.63, 3.8) is 0 Å². The Labute approximate surface area is 122 Å². The molecule has 21 heavy (non-hydrogen) atoms. The number of hydrogen-bond donors (Lipinski definition) is 1. The van der Waals surface area contributed by atoms with E-state index in [1.54, 1.807) is 0 Å². The van der Waals surface area contributed by atoms with Crippen LogP contribution >= 0.6 is 0 Å². The van der Waals surface area contributed by atoms with E-state index in [4.69, 9.17) is 9.84 Å². The Bertz CT molecular complexity index is 377. The average molecular weight is 306 g/mol. The number of benzene rings is 1. The number of ether oxygens (including phenoxy) is 2. The van der Waals surface area contributed by atoms with Gasteiger partial charge in [-0.15, -0.1) is 13.2 Å². The van der Waals surface area contributed by atoms with Gasteiger partial charge in [0.05, 0.1) is 6.61 Å². The van der Waals surface area contributed by atoms with Crippen molar-refractivity contribution in [2.75, 3.05) is 13.2 Å². The van der Waals surface area contributed by atoms with Gasteiger partial charge in [0.25, 0.3) is 0 Å². The van der Waals surface area contributed by atoms with Gasteiger partial charge in [-0.25, -0.2) is 0 Å². The summed E-state index contributed by atoms with van der Waals surface area (Å²) in [4.78, 5) is 0. The van der Waals surface area contributed by atoms with Crippen LogP contribution in [-0.2, 0) is 0 Å². The lowest BCUT2D eigenvalue weighted by atomic mass is 10.1. The van der Waals surface area contributed by atoms with E-state index in [1.807, 2.05) is 0 Å². The van der Waals surface area contributed by atoms with Crippen molar-refractivity contribution in [2.24, 2.45) is 0 Å². The smallest absolute Gasteiger partial charge is 0.494 e. The number of aliphatic hydroxyl groups excluding tert-OH is 1. The summed E-state index contributed by atoms with van der Waals surface area (Å²) in [6.45, 7) is 0.788. The van der Waals surface area contributed by atoms with E-state index in [9.17, 15) is 13.2 Å². The molecule has 1 aromatic rings. The zero-order valence-electron chi connectivity index (χ0n) is 11.9. The highest BCUT2D eigenvalue weighted by Crippen LogP contribution is 2.24. The molecule has 0 aromatic heterocycles. The zero-order chi connectivity index (χ0) is 15.6. The van der Waals surface area contributed by atoms with Crippen LogP contribution in [0, 0.1) is 0 Å². The minimum absolute atomic E-state index is 0.247. The van der Waals surface area contributed by atoms with E-state index in [0.29, 0.717) is 12.4 Å². The summed E-state index contributed by atoms with van der Waals surface area (Å²) in [6.07, 6.45) is 1.37. The van der Waals surface area contributed by atoms with E-state index in [0.717, 1.165) is 38.5 Å². The second kappa shape index (κ2) is 9.50. The maximum absolute atomic E-state index is 12.0. The van der Waals surface area contributed by atoms with Crippen LogP contribution in [0.3, 0.4) is 0 Å². The van der Waals surface area contributed by atoms with Crippen molar-refractivity contribution >= 4 is 0 Å². The standard InChI is InChI=1S/C15H21F3O3/c16-15(17,18)21-14-9-7-13(8-10-14)20-12-6-4-2-1-3-5-11-19/h7-10,19H,1-6,11-12H2. The maximum atomic E-state index is 12.0. The predicted molar refractivity (Wildman–Crippen MR) is 73.4 cm³/mol. The van der Waals surface area contributed by atoms with Gasteiger partial charge in [0, 0.05) is 6.61 Å². The third-order valence-electron chi connectivity index (χ3n) is 2.88. The van der Waals surface area contributed by atoms with Crippen molar-refractivity contribution in [2.45, 2.75) is 44.9 Å². The fourth-order valence-corrected chi connectivity index (χ4v) is 1.85. The minimum atomic E-state index is -4.67. The molecule has 0 aliphatic rings. The molecule has 0 atom stereocenters. The minimum Gasteiger partial charge on any atom is -0.494 e. The topological polar surface area (TPSA) is 38.7 Å². The second-order valence-electron chi connectivity index (χ2n) is 4.71. The van der Waals surface area contributed by atoms with Crippen molar-refractivity contribution < 1.29 is 27.8 Å². The van der Waals surface area contributed by atoms with Gasteiger partial charge < -0.3 is 14.6 Å². The van der Waals surface area contributed by atoms with Crippen molar-refractivity contribution in [1.82, 2.24) is 0 Å². The first-order valence-electron chi connectivity index (χ1n) is 7.11. The van der Waals surface area contributed by atoms with Crippen LogP contribution in [0.25, 0.3) is 0 Å². The molecule has 3 nitrogen and oxygen atoms in total. The molecule has 0 saturated carbocycles. The molecular formula is C15H21F3O3. The summed E-state index contributed by atoms with van der Waals surface area (Å²) in [5, 5.41) is 8.62. The van der Waals surface area contributed by atoms with Crippen LogP contribution in [0.1, 0.15) is 38.5 Å². The van der Waals surface area contributed by atoms with Crippen LogP contribution < -0.4 is 9.47 Å². The Morgan fingerprint density at radius 2 is 1.33 bits per heavy atom. The van der Waals surface area contributed by atoms with Crippen molar-refractivity contribution in [3.05, 3.63) is 24.3 Å². The molecule has 0 aliphatic carbocycles. The molecule has 0 heterocycles. The highest BCUT2D eigenvalue weighted by molar-refractivity contribution is 5.31. The highest BCUT2D eigenvalue weighted by Gasteiger charge is 2.30. The fourth-order valence-electron chi connectivity index (χ4n) is 1.85. The van der Waals surface area contributed by atoms with Gasteiger partial charge in [-0.3, -0.25) is 0 Å². The second-order valence-corrected chi connectivity index (χ2v) is 4.71. The van der Waals surface area contributed by atoms with Crippen LogP contribution in [0.15, 0.2) is 24.3 Å². The SMILES string of the molecule is OCCCCCCCCOc1ccc(OC(F)(F)F)cc1. The van der Waals surface area contributed by atoms with Gasteiger partial charge in [-0.05, 0) is 37.1 Å². The highest BCUT2D eigenvalue weighted by atomic mass is 19.4. The molecule has 1 aromatic carbocycles. The van der Waals surface area contributed by atoms with Gasteiger partial charge >= 0.3 is 6.36 Å². The van der Waals surface area contributed by atoms with Gasteiger partial charge in [-0.1, -0.05) is 25.7 Å². The Morgan fingerprint density at radius 3 is 1.90 bits per heavy atom. The molecule has 0 aliphatic heterocycles. The van der Waals surface area contributed by atoms with E-state index >= 15 is 0 Å². The first-order chi connectivity index (χ1) is 10.0. The largest absolute Gasteiger partial charge is 0.573 e. The molecule has 1 N–H and O–H groups in total. The lowest BCUT2D eigenvalue weighted by Crippen LogP contribution is -2.16. The van der Waals surface area contributed by atoms with Crippen LogP contribution in [-0.4, -0.2) is 24.7 Å². The van der Waals surface area contributed by atoms with Gasteiger partial charge in [0.2, 0.25) is 0 Å². The van der Waals surface area contributed by atoms with Crippen LogP contribution in [0.2, 0.25) is 0 Å². The number of rotatable bonds is 10. The van der Waals surface area contributed by atoms with Crippen molar-refractivity contribution in [1.29, 1.82) is 0 Å². The van der Waals surface area contributed by atoms with Crippen molar-refractivity contribution in [3.8, 4) is 11.5 Å². The van der Waals surface area contributed by atoms with Gasteiger partial charge in [0.1, 0.15) is 11.5 Å².